The van der Waals surface area contributed by atoms with Crippen LogP contribution in [-0.4, -0.2) is 24.4 Å². The number of aryl methyl sites for hydroxylation is 2. The molecule has 1 N–H and O–H groups in total. The number of hydrogen-bond donors (Lipinski definition) is 1. The maximum absolute atomic E-state index is 10.9. The quantitative estimate of drug-likeness (QED) is 0.589. The second-order valence-corrected chi connectivity index (χ2v) is 6.30. The number of furan rings is 1. The third kappa shape index (κ3) is 4.59. The first-order valence-corrected chi connectivity index (χ1v) is 8.70. The molecule has 0 saturated carbocycles. The van der Waals surface area contributed by atoms with E-state index in [1.165, 1.54) is 17.2 Å². The number of aliphatic imine (C=N–C) groups is 1. The van der Waals surface area contributed by atoms with Crippen LogP contribution in [0.25, 0.3) is 0 Å². The molecule has 0 radical (unpaired) electrons. The summed E-state index contributed by atoms with van der Waals surface area (Å²) in [6.07, 6.45) is 1.77. The van der Waals surface area contributed by atoms with Crippen LogP contribution in [0.3, 0.4) is 0 Å². The maximum atomic E-state index is 10.9. The molecule has 144 valence electrons. The Hall–Kier alpha value is -3.54. The molecular formula is C22H21NO5. The number of benzene rings is 2. The largest absolute Gasteiger partial charge is 0.493 e. The van der Waals surface area contributed by atoms with Gasteiger partial charge in [-0.25, -0.2) is 4.79 Å². The number of carboxylic acids is 1. The molecule has 0 atom stereocenters. The van der Waals surface area contributed by atoms with E-state index in [9.17, 15) is 4.79 Å². The van der Waals surface area contributed by atoms with Crippen molar-refractivity contribution in [1.82, 2.24) is 0 Å². The van der Waals surface area contributed by atoms with E-state index in [1.54, 1.807) is 25.5 Å². The molecule has 0 spiro atoms. The summed E-state index contributed by atoms with van der Waals surface area (Å²) in [5.74, 6) is 0.257. The monoisotopic (exact) mass is 379 g/mol. The topological polar surface area (TPSA) is 81.3 Å². The van der Waals surface area contributed by atoms with Crippen molar-refractivity contribution in [3.05, 3.63) is 76.7 Å². The van der Waals surface area contributed by atoms with E-state index in [2.05, 4.69) is 18.8 Å². The van der Waals surface area contributed by atoms with Crippen LogP contribution in [0.5, 0.6) is 11.5 Å². The van der Waals surface area contributed by atoms with Crippen molar-refractivity contribution >= 4 is 17.9 Å². The maximum Gasteiger partial charge on any atom is 0.371 e. The lowest BCUT2D eigenvalue weighted by molar-refractivity contribution is 0.0658. The summed E-state index contributed by atoms with van der Waals surface area (Å²) < 4.78 is 16.3. The smallest absolute Gasteiger partial charge is 0.371 e. The third-order valence-electron chi connectivity index (χ3n) is 4.28. The molecule has 0 amide bonds. The molecule has 0 bridgehead atoms. The first-order valence-electron chi connectivity index (χ1n) is 8.70. The van der Waals surface area contributed by atoms with E-state index in [0.717, 1.165) is 11.3 Å². The normalized spacial score (nSPS) is 11.0. The van der Waals surface area contributed by atoms with Gasteiger partial charge in [0.15, 0.2) is 11.5 Å². The number of carboxylic acid groups (broad SMARTS) is 1. The minimum Gasteiger partial charge on any atom is -0.493 e. The number of rotatable bonds is 7. The Morgan fingerprint density at radius 2 is 1.89 bits per heavy atom. The van der Waals surface area contributed by atoms with Crippen molar-refractivity contribution < 1.29 is 23.8 Å². The molecule has 1 aromatic heterocycles. The van der Waals surface area contributed by atoms with Crippen molar-refractivity contribution in [2.45, 2.75) is 20.5 Å². The Bertz CT molecular complexity index is 1020. The van der Waals surface area contributed by atoms with Crippen LogP contribution in [0, 0.1) is 13.8 Å². The van der Waals surface area contributed by atoms with Gasteiger partial charge in [0, 0.05) is 6.21 Å². The fourth-order valence-electron chi connectivity index (χ4n) is 2.56. The summed E-state index contributed by atoms with van der Waals surface area (Å²) in [6.45, 7) is 4.22. The molecule has 3 rings (SSSR count). The lowest BCUT2D eigenvalue weighted by Gasteiger charge is -2.10. The highest BCUT2D eigenvalue weighted by atomic mass is 16.5. The molecule has 6 heteroatoms. The molecule has 0 fully saturated rings. The zero-order valence-electron chi connectivity index (χ0n) is 15.9. The Balaban J connectivity index is 1.71. The molecular weight excluding hydrogens is 358 g/mol. The van der Waals surface area contributed by atoms with Gasteiger partial charge < -0.3 is 19.0 Å². The predicted molar refractivity (Wildman–Crippen MR) is 106 cm³/mol. The zero-order valence-corrected chi connectivity index (χ0v) is 15.9. The molecule has 0 aliphatic rings. The van der Waals surface area contributed by atoms with E-state index < -0.39 is 5.97 Å². The van der Waals surface area contributed by atoms with Crippen LogP contribution in [0.1, 0.15) is 33.0 Å². The summed E-state index contributed by atoms with van der Waals surface area (Å²) in [5.41, 5.74) is 4.18. The van der Waals surface area contributed by atoms with Gasteiger partial charge >= 0.3 is 5.97 Å². The standard InChI is InChI=1S/C22H21NO5/c1-14-4-6-17(10-15(14)2)23-12-16-5-8-19(21(11-16)26-3)27-13-18-7-9-20(28-18)22(24)25/h4-12H,13H2,1-3H3,(H,24,25). The van der Waals surface area contributed by atoms with Crippen molar-refractivity contribution in [2.75, 3.05) is 7.11 Å². The van der Waals surface area contributed by atoms with Gasteiger partial charge in [0.1, 0.15) is 12.4 Å². The van der Waals surface area contributed by atoms with E-state index >= 15 is 0 Å². The fourth-order valence-corrected chi connectivity index (χ4v) is 2.56. The van der Waals surface area contributed by atoms with Crippen LogP contribution in [0.4, 0.5) is 5.69 Å². The first-order chi connectivity index (χ1) is 13.5. The van der Waals surface area contributed by atoms with Crippen LogP contribution in [0.15, 0.2) is 57.9 Å². The average Bonchev–Trinajstić information content (AvgIpc) is 3.17. The van der Waals surface area contributed by atoms with E-state index in [1.807, 2.05) is 30.3 Å². The molecule has 3 aromatic rings. The van der Waals surface area contributed by atoms with Gasteiger partial charge in [0.25, 0.3) is 0 Å². The molecule has 1 heterocycles. The zero-order chi connectivity index (χ0) is 20.1. The highest BCUT2D eigenvalue weighted by molar-refractivity contribution is 5.84. The van der Waals surface area contributed by atoms with E-state index in [-0.39, 0.29) is 12.4 Å². The lowest BCUT2D eigenvalue weighted by atomic mass is 10.1. The summed E-state index contributed by atoms with van der Waals surface area (Å²) >= 11 is 0. The van der Waals surface area contributed by atoms with Gasteiger partial charge in [0.2, 0.25) is 5.76 Å². The molecule has 6 nitrogen and oxygen atoms in total. The molecule has 2 aromatic carbocycles. The molecule has 0 saturated heterocycles. The van der Waals surface area contributed by atoms with Gasteiger partial charge in [-0.1, -0.05) is 6.07 Å². The second kappa shape index (κ2) is 8.43. The van der Waals surface area contributed by atoms with Crippen LogP contribution in [-0.2, 0) is 6.61 Å². The van der Waals surface area contributed by atoms with Gasteiger partial charge in [0.05, 0.1) is 12.8 Å². The molecule has 28 heavy (non-hydrogen) atoms. The van der Waals surface area contributed by atoms with Gasteiger partial charge in [-0.3, -0.25) is 4.99 Å². The average molecular weight is 379 g/mol. The van der Waals surface area contributed by atoms with Gasteiger partial charge in [-0.15, -0.1) is 0 Å². The van der Waals surface area contributed by atoms with Gasteiger partial charge in [-0.05, 0) is 73.0 Å². The Morgan fingerprint density at radius 1 is 1.07 bits per heavy atom. The first kappa shape index (κ1) is 19.2. The number of hydrogen-bond acceptors (Lipinski definition) is 5. The predicted octanol–water partition coefficient (Wildman–Crippen LogP) is 4.93. The van der Waals surface area contributed by atoms with Crippen molar-refractivity contribution in [3.63, 3.8) is 0 Å². The fraction of sp³-hybridized carbons (Fsp3) is 0.182. The summed E-state index contributed by atoms with van der Waals surface area (Å²) in [5, 5.41) is 8.89. The summed E-state index contributed by atoms with van der Waals surface area (Å²) in [6, 6.07) is 14.5. The van der Waals surface area contributed by atoms with Crippen molar-refractivity contribution in [3.8, 4) is 11.5 Å². The summed E-state index contributed by atoms with van der Waals surface area (Å²) in [4.78, 5) is 15.4. The SMILES string of the molecule is COc1cc(C=Nc2ccc(C)c(C)c2)ccc1OCc1ccc(C(=O)O)o1. The van der Waals surface area contributed by atoms with E-state index in [0.29, 0.717) is 17.3 Å². The second-order valence-electron chi connectivity index (χ2n) is 6.30. The minimum atomic E-state index is -1.11. The van der Waals surface area contributed by atoms with Crippen LogP contribution < -0.4 is 9.47 Å². The van der Waals surface area contributed by atoms with E-state index in [4.69, 9.17) is 19.0 Å². The Morgan fingerprint density at radius 3 is 2.57 bits per heavy atom. The number of ether oxygens (including phenoxy) is 2. The minimum absolute atomic E-state index is 0.0969. The Kier molecular flexibility index (Phi) is 5.79. The number of methoxy groups -OCH3 is 1. The van der Waals surface area contributed by atoms with Crippen LogP contribution >= 0.6 is 0 Å². The molecule has 0 unspecified atom stereocenters. The highest BCUT2D eigenvalue weighted by Crippen LogP contribution is 2.29. The number of nitrogens with zero attached hydrogens (tertiary/aromatic N) is 1. The van der Waals surface area contributed by atoms with Gasteiger partial charge in [-0.2, -0.15) is 0 Å². The number of aromatic carboxylic acids is 1. The Labute approximate surface area is 163 Å². The third-order valence-corrected chi connectivity index (χ3v) is 4.28. The molecule has 0 aliphatic heterocycles. The van der Waals surface area contributed by atoms with Crippen molar-refractivity contribution in [2.24, 2.45) is 4.99 Å². The van der Waals surface area contributed by atoms with Crippen LogP contribution in [0.2, 0.25) is 0 Å². The van der Waals surface area contributed by atoms with Crippen molar-refractivity contribution in [1.29, 1.82) is 0 Å². The lowest BCUT2D eigenvalue weighted by Crippen LogP contribution is -1.98. The molecule has 0 aliphatic carbocycles. The number of carbonyl (C=O) groups is 1. The summed E-state index contributed by atoms with van der Waals surface area (Å²) in [7, 11) is 1.56. The highest BCUT2D eigenvalue weighted by Gasteiger charge is 2.11.